The van der Waals surface area contributed by atoms with Gasteiger partial charge in [0.05, 0.1) is 23.9 Å². The lowest BCUT2D eigenvalue weighted by Gasteiger charge is -2.38. The van der Waals surface area contributed by atoms with E-state index in [1.54, 1.807) is 26.0 Å². The van der Waals surface area contributed by atoms with Crippen LogP contribution in [0, 0.1) is 12.7 Å². The Morgan fingerprint density at radius 1 is 1.06 bits per heavy atom. The number of fused-ring (bicyclic) bond motifs is 1. The van der Waals surface area contributed by atoms with Gasteiger partial charge >= 0.3 is 13.5 Å². The van der Waals surface area contributed by atoms with Crippen molar-refractivity contribution in [1.82, 2.24) is 0 Å². The van der Waals surface area contributed by atoms with Crippen LogP contribution in [0.4, 0.5) is 4.39 Å². The van der Waals surface area contributed by atoms with E-state index in [2.05, 4.69) is 0 Å². The molecule has 0 heterocycles. The van der Waals surface area contributed by atoms with Crippen LogP contribution in [-0.4, -0.2) is 36.9 Å². The average molecular weight is 438 g/mol. The number of halogens is 1. The number of aryl methyl sites for hydroxylation is 2. The summed E-state index contributed by atoms with van der Waals surface area (Å²) in [6.07, 6.45) is 2.50. The maximum absolute atomic E-state index is 13.8. The molecule has 0 unspecified atom stereocenters. The number of hydrogen-bond donors (Lipinski definition) is 1. The Bertz CT molecular complexity index is 1050. The van der Waals surface area contributed by atoms with Gasteiger partial charge in [-0.2, -0.15) is 0 Å². The zero-order chi connectivity index (χ0) is 23.7. The van der Waals surface area contributed by atoms with Crippen molar-refractivity contribution in [3.8, 4) is 0 Å². The molecule has 1 aliphatic carbocycles. The van der Waals surface area contributed by atoms with E-state index in [1.165, 1.54) is 13.2 Å². The Morgan fingerprint density at radius 2 is 1.75 bits per heavy atom. The van der Waals surface area contributed by atoms with Crippen molar-refractivity contribution in [2.75, 3.05) is 7.11 Å². The number of allylic oxidation sites excluding steroid dienone is 1. The normalized spacial score (nSPS) is 14.6. The number of ether oxygens (including phenoxy) is 1. The minimum Gasteiger partial charge on any atom is -0.465 e. The number of esters is 1. The summed E-state index contributed by atoms with van der Waals surface area (Å²) in [4.78, 5) is 12.1. The second kappa shape index (κ2) is 9.20. The van der Waals surface area contributed by atoms with Gasteiger partial charge in [0.2, 0.25) is 0 Å². The molecule has 2 aromatic carbocycles. The van der Waals surface area contributed by atoms with Crippen molar-refractivity contribution in [3.05, 3.63) is 70.0 Å². The molecule has 4 nitrogen and oxygen atoms in total. The summed E-state index contributed by atoms with van der Waals surface area (Å²) < 4.78 is 25.0. The molecule has 0 aliphatic heterocycles. The van der Waals surface area contributed by atoms with Crippen LogP contribution in [0.25, 0.3) is 11.0 Å². The van der Waals surface area contributed by atoms with Gasteiger partial charge in [-0.05, 0) is 111 Å². The second-order valence-electron chi connectivity index (χ2n) is 9.49. The maximum atomic E-state index is 13.8. The van der Waals surface area contributed by atoms with Gasteiger partial charge in [-0.15, -0.1) is 0 Å². The van der Waals surface area contributed by atoms with Crippen LogP contribution in [-0.2, 0) is 15.8 Å². The van der Waals surface area contributed by atoms with Gasteiger partial charge in [0, 0.05) is 0 Å². The molecule has 1 N–H and O–H groups in total. The summed E-state index contributed by atoms with van der Waals surface area (Å²) in [5.41, 5.74) is 4.74. The highest BCUT2D eigenvalue weighted by molar-refractivity contribution is 6.58. The first-order valence-corrected chi connectivity index (χ1v) is 11.0. The van der Waals surface area contributed by atoms with Gasteiger partial charge in [0.15, 0.2) is 0 Å². The van der Waals surface area contributed by atoms with Crippen molar-refractivity contribution in [1.29, 1.82) is 0 Å². The average Bonchev–Trinajstić information content (AvgIpc) is 2.89. The standard InChI is InChI=1S/C26H32BFO4/c1-16-14-19(28)11-13-20(16)22-9-7-8-17-15-18(24(29)31-6)10-12-21(17)23(22)27-32-26(4,5)25(2,3)30/h10-15,27,30H,7-9H2,1-6H3. The fourth-order valence-electron chi connectivity index (χ4n) is 3.97. The first-order valence-electron chi connectivity index (χ1n) is 11.0. The molecule has 0 atom stereocenters. The third kappa shape index (κ3) is 4.97. The molecule has 6 heteroatoms. The summed E-state index contributed by atoms with van der Waals surface area (Å²) in [7, 11) is 1.66. The van der Waals surface area contributed by atoms with Crippen molar-refractivity contribution in [2.45, 2.75) is 65.1 Å². The third-order valence-electron chi connectivity index (χ3n) is 6.65. The SMILES string of the molecule is COC(=O)c1ccc2c(c1)CCCC(c1ccc(F)cc1C)=C2BOC(C)(C)C(C)(C)O. The molecular formula is C26H32BFO4. The summed E-state index contributed by atoms with van der Waals surface area (Å²) in [6.45, 7) is 9.12. The minimum absolute atomic E-state index is 0.260. The smallest absolute Gasteiger partial charge is 0.337 e. The molecule has 0 amide bonds. The number of methoxy groups -OCH3 is 1. The van der Waals surface area contributed by atoms with Gasteiger partial charge in [-0.25, -0.2) is 9.18 Å². The zero-order valence-electron chi connectivity index (χ0n) is 19.8. The fraction of sp³-hybridized carbons (Fsp3) is 0.423. The van der Waals surface area contributed by atoms with E-state index in [1.807, 2.05) is 39.0 Å². The van der Waals surface area contributed by atoms with Crippen molar-refractivity contribution >= 4 is 24.5 Å². The lowest BCUT2D eigenvalue weighted by molar-refractivity contribution is -0.0892. The number of rotatable bonds is 6. The molecule has 170 valence electrons. The Labute approximate surface area is 190 Å². The number of aliphatic hydroxyl groups is 1. The monoisotopic (exact) mass is 438 g/mol. The molecule has 2 aromatic rings. The van der Waals surface area contributed by atoms with E-state index in [-0.39, 0.29) is 19.3 Å². The van der Waals surface area contributed by atoms with Crippen LogP contribution in [0.2, 0.25) is 0 Å². The topological polar surface area (TPSA) is 55.8 Å². The summed E-state index contributed by atoms with van der Waals surface area (Å²) in [5.74, 6) is -0.624. The molecule has 3 rings (SSSR count). The van der Waals surface area contributed by atoms with Crippen LogP contribution < -0.4 is 0 Å². The highest BCUT2D eigenvalue weighted by Gasteiger charge is 2.36. The van der Waals surface area contributed by atoms with Gasteiger partial charge in [0.25, 0.3) is 0 Å². The van der Waals surface area contributed by atoms with E-state index in [4.69, 9.17) is 9.39 Å². The van der Waals surface area contributed by atoms with E-state index < -0.39 is 11.2 Å². The Morgan fingerprint density at radius 3 is 2.38 bits per heavy atom. The summed E-state index contributed by atoms with van der Waals surface area (Å²) in [5, 5.41) is 10.6. The maximum Gasteiger partial charge on any atom is 0.337 e. The molecule has 0 bridgehead atoms. The largest absolute Gasteiger partial charge is 0.465 e. The molecule has 32 heavy (non-hydrogen) atoms. The first-order chi connectivity index (χ1) is 14.9. The number of carbonyl (C=O) groups is 1. The quantitative estimate of drug-likeness (QED) is 0.507. The highest BCUT2D eigenvalue weighted by Crippen LogP contribution is 2.38. The number of benzene rings is 2. The summed E-state index contributed by atoms with van der Waals surface area (Å²) >= 11 is 0. The molecular weight excluding hydrogens is 406 g/mol. The predicted octanol–water partition coefficient (Wildman–Crippen LogP) is 5.04. The van der Waals surface area contributed by atoms with Crippen LogP contribution in [0.15, 0.2) is 36.4 Å². The van der Waals surface area contributed by atoms with Gasteiger partial charge in [0.1, 0.15) is 5.82 Å². The fourth-order valence-corrected chi connectivity index (χ4v) is 3.97. The van der Waals surface area contributed by atoms with Gasteiger partial charge in [-0.1, -0.05) is 12.1 Å². The van der Waals surface area contributed by atoms with Crippen LogP contribution >= 0.6 is 0 Å². The molecule has 0 radical (unpaired) electrons. The molecule has 0 fully saturated rings. The number of carbonyl (C=O) groups excluding carboxylic acids is 1. The minimum atomic E-state index is -1.04. The first kappa shape index (κ1) is 24.2. The summed E-state index contributed by atoms with van der Waals surface area (Å²) in [6, 6.07) is 10.5. The lowest BCUT2D eigenvalue weighted by Crippen LogP contribution is -2.48. The van der Waals surface area contributed by atoms with Crippen LogP contribution in [0.1, 0.15) is 73.1 Å². The highest BCUT2D eigenvalue weighted by atomic mass is 19.1. The van der Waals surface area contributed by atoms with Gasteiger partial charge < -0.3 is 14.5 Å². The Hall–Kier alpha value is -2.44. The molecule has 0 saturated carbocycles. The van der Waals surface area contributed by atoms with E-state index in [0.29, 0.717) is 5.56 Å². The van der Waals surface area contributed by atoms with E-state index in [0.717, 1.165) is 52.6 Å². The van der Waals surface area contributed by atoms with E-state index >= 15 is 0 Å². The van der Waals surface area contributed by atoms with Crippen molar-refractivity contribution < 1.29 is 23.7 Å². The molecule has 1 aliphatic rings. The predicted molar refractivity (Wildman–Crippen MR) is 127 cm³/mol. The molecule has 0 aromatic heterocycles. The van der Waals surface area contributed by atoms with Crippen molar-refractivity contribution in [3.63, 3.8) is 0 Å². The zero-order valence-corrected chi connectivity index (χ0v) is 19.8. The van der Waals surface area contributed by atoms with Gasteiger partial charge in [-0.3, -0.25) is 0 Å². The Kier molecular flexibility index (Phi) is 6.96. The van der Waals surface area contributed by atoms with Crippen LogP contribution in [0.5, 0.6) is 0 Å². The lowest BCUT2D eigenvalue weighted by atomic mass is 9.73. The van der Waals surface area contributed by atoms with Crippen molar-refractivity contribution in [2.24, 2.45) is 0 Å². The number of hydrogen-bond acceptors (Lipinski definition) is 4. The molecule has 0 spiro atoms. The second-order valence-corrected chi connectivity index (χ2v) is 9.49. The molecule has 0 saturated heterocycles. The third-order valence-corrected chi connectivity index (χ3v) is 6.65. The van der Waals surface area contributed by atoms with Crippen LogP contribution in [0.3, 0.4) is 0 Å². The Balaban J connectivity index is 2.16. The van der Waals surface area contributed by atoms with E-state index in [9.17, 15) is 14.3 Å².